The zero-order valence-corrected chi connectivity index (χ0v) is 9.51. The molecule has 4 heteroatoms. The molecular formula is C11H10BrFN2. The molecule has 2 nitrogen and oxygen atoms in total. The van der Waals surface area contributed by atoms with Crippen molar-refractivity contribution in [2.75, 3.05) is 5.32 Å². The Labute approximate surface area is 95.6 Å². The molecule has 0 saturated carbocycles. The molecule has 2 aromatic rings. The highest BCUT2D eigenvalue weighted by Crippen LogP contribution is 2.20. The Morgan fingerprint density at radius 1 is 1.33 bits per heavy atom. The third-order valence-electron chi connectivity index (χ3n) is 2.08. The van der Waals surface area contributed by atoms with Crippen LogP contribution in [0, 0.1) is 5.82 Å². The van der Waals surface area contributed by atoms with Gasteiger partial charge in [0.05, 0.1) is 4.47 Å². The van der Waals surface area contributed by atoms with E-state index in [4.69, 9.17) is 0 Å². The maximum atomic E-state index is 12.9. The molecule has 0 bridgehead atoms. The third kappa shape index (κ3) is 2.59. The van der Waals surface area contributed by atoms with E-state index in [1.165, 1.54) is 6.07 Å². The Morgan fingerprint density at radius 3 is 2.87 bits per heavy atom. The minimum atomic E-state index is -0.248. The van der Waals surface area contributed by atoms with E-state index < -0.39 is 0 Å². The van der Waals surface area contributed by atoms with Crippen LogP contribution in [0.15, 0.2) is 41.1 Å². The number of aromatic amines is 1. The number of aromatic nitrogens is 1. The second-order valence-corrected chi connectivity index (χ2v) is 4.06. The minimum Gasteiger partial charge on any atom is -0.381 e. The first-order valence-corrected chi connectivity index (χ1v) is 5.35. The van der Waals surface area contributed by atoms with E-state index in [0.29, 0.717) is 4.47 Å². The lowest BCUT2D eigenvalue weighted by atomic mass is 10.3. The molecule has 78 valence electrons. The summed E-state index contributed by atoms with van der Waals surface area (Å²) in [5.41, 5.74) is 2.06. The van der Waals surface area contributed by atoms with Gasteiger partial charge in [-0.1, -0.05) is 0 Å². The number of nitrogens with one attached hydrogen (secondary N) is 2. The normalized spacial score (nSPS) is 10.3. The number of benzene rings is 1. The van der Waals surface area contributed by atoms with Crippen LogP contribution in [-0.2, 0) is 6.54 Å². The Hall–Kier alpha value is -1.29. The highest BCUT2D eigenvalue weighted by atomic mass is 79.9. The van der Waals surface area contributed by atoms with Crippen LogP contribution in [0.25, 0.3) is 0 Å². The number of hydrogen-bond acceptors (Lipinski definition) is 1. The topological polar surface area (TPSA) is 27.8 Å². The van der Waals surface area contributed by atoms with Crippen LogP contribution in [0.4, 0.5) is 10.1 Å². The SMILES string of the molecule is Fc1ccc(NCc2cc[nH]c2)cc1Br. The zero-order valence-electron chi connectivity index (χ0n) is 7.93. The second kappa shape index (κ2) is 4.49. The van der Waals surface area contributed by atoms with Crippen LogP contribution >= 0.6 is 15.9 Å². The standard InChI is InChI=1S/C11H10BrFN2/c12-10-5-9(1-2-11(10)13)15-7-8-3-4-14-6-8/h1-6,14-15H,7H2. The van der Waals surface area contributed by atoms with Crippen LogP contribution in [0.2, 0.25) is 0 Å². The van der Waals surface area contributed by atoms with Crippen molar-refractivity contribution in [2.45, 2.75) is 6.54 Å². The molecule has 0 spiro atoms. The summed E-state index contributed by atoms with van der Waals surface area (Å²) in [7, 11) is 0. The largest absolute Gasteiger partial charge is 0.381 e. The molecule has 2 N–H and O–H groups in total. The Bertz CT molecular complexity index is 440. The number of hydrogen-bond donors (Lipinski definition) is 2. The van der Waals surface area contributed by atoms with Gasteiger partial charge in [0, 0.05) is 24.6 Å². The van der Waals surface area contributed by atoms with E-state index in [1.807, 2.05) is 18.5 Å². The van der Waals surface area contributed by atoms with Gasteiger partial charge in [-0.3, -0.25) is 0 Å². The summed E-state index contributed by atoms with van der Waals surface area (Å²) < 4.78 is 13.4. The first-order valence-electron chi connectivity index (χ1n) is 4.56. The Morgan fingerprint density at radius 2 is 2.20 bits per heavy atom. The van der Waals surface area contributed by atoms with Gasteiger partial charge in [-0.25, -0.2) is 4.39 Å². The van der Waals surface area contributed by atoms with Crippen LogP contribution < -0.4 is 5.32 Å². The molecule has 0 saturated heterocycles. The van der Waals surface area contributed by atoms with Gasteiger partial charge in [-0.05, 0) is 45.8 Å². The fourth-order valence-electron chi connectivity index (χ4n) is 1.28. The lowest BCUT2D eigenvalue weighted by molar-refractivity contribution is 0.621. The summed E-state index contributed by atoms with van der Waals surface area (Å²) >= 11 is 3.14. The van der Waals surface area contributed by atoms with Crippen molar-refractivity contribution in [3.63, 3.8) is 0 Å². The first kappa shape index (κ1) is 10.2. The monoisotopic (exact) mass is 268 g/mol. The maximum Gasteiger partial charge on any atom is 0.137 e. The molecule has 1 aromatic heterocycles. The van der Waals surface area contributed by atoms with E-state index in [1.54, 1.807) is 12.1 Å². The highest BCUT2D eigenvalue weighted by Gasteiger charge is 2.00. The fourth-order valence-corrected chi connectivity index (χ4v) is 1.66. The van der Waals surface area contributed by atoms with E-state index in [2.05, 4.69) is 26.2 Å². The quantitative estimate of drug-likeness (QED) is 0.876. The fraction of sp³-hybridized carbons (Fsp3) is 0.0909. The maximum absolute atomic E-state index is 12.9. The molecule has 0 atom stereocenters. The van der Waals surface area contributed by atoms with E-state index in [-0.39, 0.29) is 5.82 Å². The summed E-state index contributed by atoms with van der Waals surface area (Å²) in [5.74, 6) is -0.248. The highest BCUT2D eigenvalue weighted by molar-refractivity contribution is 9.10. The summed E-state index contributed by atoms with van der Waals surface area (Å²) in [5, 5.41) is 3.20. The van der Waals surface area contributed by atoms with Crippen molar-refractivity contribution >= 4 is 21.6 Å². The predicted octanol–water partition coefficient (Wildman–Crippen LogP) is 3.53. The van der Waals surface area contributed by atoms with E-state index in [9.17, 15) is 4.39 Å². The van der Waals surface area contributed by atoms with Crippen LogP contribution in [0.1, 0.15) is 5.56 Å². The van der Waals surface area contributed by atoms with Gasteiger partial charge in [0.25, 0.3) is 0 Å². The molecule has 0 aliphatic rings. The Kier molecular flexibility index (Phi) is 3.06. The molecule has 1 heterocycles. The summed E-state index contributed by atoms with van der Waals surface area (Å²) in [6, 6.07) is 6.86. The van der Waals surface area contributed by atoms with Gasteiger partial charge in [0.2, 0.25) is 0 Å². The Balaban J connectivity index is 2.02. The summed E-state index contributed by atoms with van der Waals surface area (Å²) in [4.78, 5) is 2.98. The molecule has 2 rings (SSSR count). The van der Waals surface area contributed by atoms with Gasteiger partial charge >= 0.3 is 0 Å². The molecule has 0 fully saturated rings. The molecule has 0 unspecified atom stereocenters. The van der Waals surface area contributed by atoms with Crippen molar-refractivity contribution in [1.82, 2.24) is 4.98 Å². The van der Waals surface area contributed by atoms with Gasteiger partial charge in [-0.2, -0.15) is 0 Å². The predicted molar refractivity (Wildman–Crippen MR) is 62.2 cm³/mol. The third-order valence-corrected chi connectivity index (χ3v) is 2.69. The van der Waals surface area contributed by atoms with Crippen LogP contribution in [0.5, 0.6) is 0 Å². The number of rotatable bonds is 3. The average Bonchev–Trinajstić information content (AvgIpc) is 2.73. The molecular weight excluding hydrogens is 259 g/mol. The van der Waals surface area contributed by atoms with Gasteiger partial charge in [0.15, 0.2) is 0 Å². The lowest BCUT2D eigenvalue weighted by Crippen LogP contribution is -1.98. The van der Waals surface area contributed by atoms with Crippen molar-refractivity contribution in [3.8, 4) is 0 Å². The van der Waals surface area contributed by atoms with Crippen molar-refractivity contribution in [2.24, 2.45) is 0 Å². The van der Waals surface area contributed by atoms with Crippen LogP contribution in [-0.4, -0.2) is 4.98 Å². The molecule has 0 aliphatic carbocycles. The molecule has 0 aliphatic heterocycles. The van der Waals surface area contributed by atoms with Crippen molar-refractivity contribution < 1.29 is 4.39 Å². The number of H-pyrrole nitrogens is 1. The van der Waals surface area contributed by atoms with Gasteiger partial charge in [0.1, 0.15) is 5.82 Å². The number of halogens is 2. The lowest BCUT2D eigenvalue weighted by Gasteiger charge is -2.05. The smallest absolute Gasteiger partial charge is 0.137 e. The van der Waals surface area contributed by atoms with Crippen molar-refractivity contribution in [1.29, 1.82) is 0 Å². The van der Waals surface area contributed by atoms with E-state index in [0.717, 1.165) is 17.8 Å². The molecule has 15 heavy (non-hydrogen) atoms. The average molecular weight is 269 g/mol. The zero-order chi connectivity index (χ0) is 10.7. The second-order valence-electron chi connectivity index (χ2n) is 3.20. The van der Waals surface area contributed by atoms with E-state index >= 15 is 0 Å². The summed E-state index contributed by atoms with van der Waals surface area (Å²) in [6.07, 6.45) is 3.79. The number of anilines is 1. The minimum absolute atomic E-state index is 0.248. The van der Waals surface area contributed by atoms with Crippen molar-refractivity contribution in [3.05, 3.63) is 52.5 Å². The summed E-state index contributed by atoms with van der Waals surface area (Å²) in [6.45, 7) is 0.724. The first-order chi connectivity index (χ1) is 7.25. The van der Waals surface area contributed by atoms with Gasteiger partial charge < -0.3 is 10.3 Å². The van der Waals surface area contributed by atoms with Crippen LogP contribution in [0.3, 0.4) is 0 Å². The molecule has 0 radical (unpaired) electrons. The molecule has 1 aromatic carbocycles. The molecule has 0 amide bonds. The van der Waals surface area contributed by atoms with Gasteiger partial charge in [-0.15, -0.1) is 0 Å².